The largest absolute Gasteiger partial charge is 0.457 e. The monoisotopic (exact) mass is 325 g/mol. The number of nitrogens with zero attached hydrogens (tertiary/aromatic N) is 1. The van der Waals surface area contributed by atoms with E-state index in [1.807, 2.05) is 11.4 Å². The number of hydrogen-bond donors (Lipinski definition) is 0. The Morgan fingerprint density at radius 2 is 2.04 bits per heavy atom. The quantitative estimate of drug-likeness (QED) is 0.292. The summed E-state index contributed by atoms with van der Waals surface area (Å²) >= 11 is 1.38. The van der Waals surface area contributed by atoms with Gasteiger partial charge in [0.25, 0.3) is 5.69 Å². The number of allylic oxidation sites excluding steroid dienone is 1. The number of nitro benzene ring substituents is 1. The van der Waals surface area contributed by atoms with E-state index in [0.717, 1.165) is 0 Å². The number of non-ortho nitro benzene ring substituents is 1. The molecule has 23 heavy (non-hydrogen) atoms. The minimum absolute atomic E-state index is 0.00358. The number of thiophene rings is 1. The summed E-state index contributed by atoms with van der Waals surface area (Å²) in [5.74, 6) is 0.932. The average Bonchev–Trinajstić information content (AvgIpc) is 3.24. The lowest BCUT2D eigenvalue weighted by atomic mass is 10.1. The van der Waals surface area contributed by atoms with Gasteiger partial charge in [0.1, 0.15) is 11.5 Å². The average molecular weight is 325 g/mol. The molecule has 0 aliphatic rings. The van der Waals surface area contributed by atoms with Gasteiger partial charge in [0.15, 0.2) is 5.78 Å². The van der Waals surface area contributed by atoms with E-state index in [-0.39, 0.29) is 11.5 Å². The first-order valence-electron chi connectivity index (χ1n) is 6.74. The summed E-state index contributed by atoms with van der Waals surface area (Å²) in [6.07, 6.45) is 3.03. The van der Waals surface area contributed by atoms with Gasteiger partial charge in [-0.15, -0.1) is 11.3 Å². The fraction of sp³-hybridized carbons (Fsp3) is 0. The zero-order valence-corrected chi connectivity index (χ0v) is 12.7. The second-order valence-corrected chi connectivity index (χ2v) is 5.63. The van der Waals surface area contributed by atoms with Crippen LogP contribution < -0.4 is 0 Å². The predicted octanol–water partition coefficient (Wildman–Crippen LogP) is 4.81. The molecule has 2 heterocycles. The molecule has 3 rings (SSSR count). The van der Waals surface area contributed by atoms with Crippen molar-refractivity contribution in [1.29, 1.82) is 0 Å². The summed E-state index contributed by atoms with van der Waals surface area (Å²) in [6.45, 7) is 0. The molecule has 0 saturated carbocycles. The Labute approximate surface area is 135 Å². The highest BCUT2D eigenvalue weighted by molar-refractivity contribution is 7.12. The Hall–Kier alpha value is -2.99. The molecule has 1 aromatic carbocycles. The van der Waals surface area contributed by atoms with Crippen LogP contribution in [0.4, 0.5) is 5.69 Å². The summed E-state index contributed by atoms with van der Waals surface area (Å²) in [4.78, 5) is 22.9. The van der Waals surface area contributed by atoms with Gasteiger partial charge < -0.3 is 4.42 Å². The Balaban J connectivity index is 1.79. The van der Waals surface area contributed by atoms with Crippen LogP contribution >= 0.6 is 11.3 Å². The minimum atomic E-state index is -0.451. The normalized spacial score (nSPS) is 11.0. The van der Waals surface area contributed by atoms with Crippen molar-refractivity contribution in [2.75, 3.05) is 0 Å². The zero-order valence-electron chi connectivity index (χ0n) is 11.8. The highest BCUT2D eigenvalue weighted by atomic mass is 32.1. The Bertz CT molecular complexity index is 878. The molecule has 5 nitrogen and oxygen atoms in total. The highest BCUT2D eigenvalue weighted by Gasteiger charge is 2.10. The fourth-order valence-electron chi connectivity index (χ4n) is 2.03. The first-order chi connectivity index (χ1) is 11.1. The summed E-state index contributed by atoms with van der Waals surface area (Å²) in [5.41, 5.74) is 0.618. The molecular weight excluding hydrogens is 314 g/mol. The van der Waals surface area contributed by atoms with E-state index in [2.05, 4.69) is 0 Å². The highest BCUT2D eigenvalue weighted by Crippen LogP contribution is 2.26. The molecule has 0 unspecified atom stereocenters. The molecule has 0 saturated heterocycles. The van der Waals surface area contributed by atoms with E-state index in [9.17, 15) is 14.9 Å². The first-order valence-corrected chi connectivity index (χ1v) is 7.62. The summed E-state index contributed by atoms with van der Waals surface area (Å²) in [6, 6.07) is 13.2. The fourth-order valence-corrected chi connectivity index (χ4v) is 2.67. The van der Waals surface area contributed by atoms with Gasteiger partial charge in [0, 0.05) is 17.7 Å². The molecule has 114 valence electrons. The van der Waals surface area contributed by atoms with Gasteiger partial charge in [0.2, 0.25) is 0 Å². The second kappa shape index (κ2) is 6.41. The number of hydrogen-bond acceptors (Lipinski definition) is 5. The third kappa shape index (κ3) is 3.44. The van der Waals surface area contributed by atoms with E-state index >= 15 is 0 Å². The Morgan fingerprint density at radius 3 is 2.78 bits per heavy atom. The van der Waals surface area contributed by atoms with Gasteiger partial charge in [-0.05, 0) is 35.7 Å². The summed E-state index contributed by atoms with van der Waals surface area (Å²) in [5, 5.41) is 12.6. The van der Waals surface area contributed by atoms with Crippen LogP contribution in [-0.4, -0.2) is 10.7 Å². The van der Waals surface area contributed by atoms with Crippen molar-refractivity contribution >= 4 is 28.9 Å². The van der Waals surface area contributed by atoms with Crippen LogP contribution in [0.1, 0.15) is 15.4 Å². The molecule has 0 spiro atoms. The molecule has 0 aliphatic heterocycles. The van der Waals surface area contributed by atoms with Crippen LogP contribution in [-0.2, 0) is 0 Å². The Morgan fingerprint density at radius 1 is 1.17 bits per heavy atom. The molecular formula is C17H11NO4S. The molecule has 2 aromatic heterocycles. The summed E-state index contributed by atoms with van der Waals surface area (Å²) < 4.78 is 5.61. The van der Waals surface area contributed by atoms with E-state index in [0.29, 0.717) is 22.0 Å². The van der Waals surface area contributed by atoms with Gasteiger partial charge in [-0.25, -0.2) is 0 Å². The van der Waals surface area contributed by atoms with Crippen LogP contribution in [0.25, 0.3) is 17.4 Å². The molecule has 0 amide bonds. The van der Waals surface area contributed by atoms with Crippen LogP contribution in [0.2, 0.25) is 0 Å². The number of carbonyl (C=O) groups is 1. The molecule has 6 heteroatoms. The van der Waals surface area contributed by atoms with Crippen LogP contribution in [0, 0.1) is 10.1 Å². The maximum Gasteiger partial charge on any atom is 0.270 e. The van der Waals surface area contributed by atoms with E-state index < -0.39 is 4.92 Å². The van der Waals surface area contributed by atoms with Crippen molar-refractivity contribution in [3.05, 3.63) is 80.7 Å². The van der Waals surface area contributed by atoms with Crippen LogP contribution in [0.15, 0.2) is 64.4 Å². The molecule has 0 bridgehead atoms. The number of rotatable bonds is 5. The van der Waals surface area contributed by atoms with Crippen LogP contribution in [0.3, 0.4) is 0 Å². The SMILES string of the molecule is O=C(/C=C/c1ccc(-c2cccc([N+](=O)[O-])c2)o1)c1cccs1. The molecule has 0 fully saturated rings. The second-order valence-electron chi connectivity index (χ2n) is 4.68. The maximum atomic E-state index is 11.9. The van der Waals surface area contributed by atoms with E-state index in [1.165, 1.54) is 29.5 Å². The van der Waals surface area contributed by atoms with Gasteiger partial charge in [-0.3, -0.25) is 14.9 Å². The lowest BCUT2D eigenvalue weighted by Gasteiger charge is -1.96. The molecule has 3 aromatic rings. The van der Waals surface area contributed by atoms with Crippen molar-refractivity contribution in [3.8, 4) is 11.3 Å². The number of furan rings is 1. The van der Waals surface area contributed by atoms with Gasteiger partial charge >= 0.3 is 0 Å². The number of nitro groups is 1. The third-order valence-corrected chi connectivity index (χ3v) is 4.02. The molecule has 0 atom stereocenters. The number of benzene rings is 1. The van der Waals surface area contributed by atoms with E-state index in [4.69, 9.17) is 4.42 Å². The number of carbonyl (C=O) groups excluding carboxylic acids is 1. The molecule has 0 radical (unpaired) electrons. The Kier molecular flexibility index (Phi) is 4.16. The van der Waals surface area contributed by atoms with E-state index in [1.54, 1.807) is 36.4 Å². The van der Waals surface area contributed by atoms with Crippen molar-refractivity contribution in [2.24, 2.45) is 0 Å². The van der Waals surface area contributed by atoms with Crippen molar-refractivity contribution < 1.29 is 14.1 Å². The standard InChI is InChI=1S/C17H11NO4S/c19-15(17-5-2-10-23-17)8-6-14-7-9-16(22-14)12-3-1-4-13(11-12)18(20)21/h1-11H/b8-6+. The van der Waals surface area contributed by atoms with Gasteiger partial charge in [0.05, 0.1) is 9.80 Å². The van der Waals surface area contributed by atoms with Crippen molar-refractivity contribution in [1.82, 2.24) is 0 Å². The first kappa shape index (κ1) is 14.9. The van der Waals surface area contributed by atoms with Gasteiger partial charge in [-0.1, -0.05) is 18.2 Å². The summed E-state index contributed by atoms with van der Waals surface area (Å²) in [7, 11) is 0. The van der Waals surface area contributed by atoms with Crippen molar-refractivity contribution in [3.63, 3.8) is 0 Å². The van der Waals surface area contributed by atoms with Crippen LogP contribution in [0.5, 0.6) is 0 Å². The lowest BCUT2D eigenvalue weighted by molar-refractivity contribution is -0.384. The minimum Gasteiger partial charge on any atom is -0.457 e. The maximum absolute atomic E-state index is 11.9. The number of ketones is 1. The topological polar surface area (TPSA) is 73.3 Å². The smallest absolute Gasteiger partial charge is 0.270 e. The zero-order chi connectivity index (χ0) is 16.2. The van der Waals surface area contributed by atoms with Gasteiger partial charge in [-0.2, -0.15) is 0 Å². The predicted molar refractivity (Wildman–Crippen MR) is 88.5 cm³/mol. The molecule has 0 N–H and O–H groups in total. The van der Waals surface area contributed by atoms with Crippen molar-refractivity contribution in [2.45, 2.75) is 0 Å². The molecule has 0 aliphatic carbocycles. The third-order valence-electron chi connectivity index (χ3n) is 3.13. The lowest BCUT2D eigenvalue weighted by Crippen LogP contribution is -1.88.